The van der Waals surface area contributed by atoms with Gasteiger partial charge >= 0.3 is 0 Å². The van der Waals surface area contributed by atoms with E-state index in [2.05, 4.69) is 15.1 Å². The first kappa shape index (κ1) is 18.5. The maximum absolute atomic E-state index is 13.2. The summed E-state index contributed by atoms with van der Waals surface area (Å²) >= 11 is 0. The third-order valence-electron chi connectivity index (χ3n) is 4.22. The Hall–Kier alpha value is -3.81. The van der Waals surface area contributed by atoms with Crippen molar-refractivity contribution in [3.05, 3.63) is 89.4 Å². The number of nitrogen functional groups attached to an aromatic ring is 1. The lowest BCUT2D eigenvalue weighted by atomic mass is 10.1. The topological polar surface area (TPSA) is 87.1 Å². The van der Waals surface area contributed by atoms with Crippen LogP contribution < -0.4 is 10.5 Å². The Balaban J connectivity index is 1.38. The van der Waals surface area contributed by atoms with Crippen molar-refractivity contribution in [1.29, 1.82) is 0 Å². The van der Waals surface area contributed by atoms with E-state index in [1.54, 1.807) is 30.6 Å². The van der Waals surface area contributed by atoms with Crippen LogP contribution in [0.2, 0.25) is 0 Å². The Morgan fingerprint density at radius 2 is 1.83 bits per heavy atom. The molecule has 0 aliphatic rings. The highest BCUT2D eigenvalue weighted by atomic mass is 19.2. The smallest absolute Gasteiger partial charge is 0.213 e. The number of halogens is 2. The van der Waals surface area contributed by atoms with Crippen molar-refractivity contribution in [2.45, 2.75) is 13.0 Å². The highest BCUT2D eigenvalue weighted by Crippen LogP contribution is 2.25. The molecule has 0 fully saturated rings. The van der Waals surface area contributed by atoms with Gasteiger partial charge < -0.3 is 15.0 Å². The number of pyridine rings is 2. The van der Waals surface area contributed by atoms with Crippen molar-refractivity contribution in [2.24, 2.45) is 0 Å². The number of hydrogen-bond acceptors (Lipinski definition) is 6. The average molecular weight is 394 g/mol. The molecule has 0 bridgehead atoms. The molecule has 2 N–H and O–H groups in total. The summed E-state index contributed by atoms with van der Waals surface area (Å²) < 4.78 is 37.1. The molecule has 0 radical (unpaired) electrons. The van der Waals surface area contributed by atoms with E-state index in [0.717, 1.165) is 23.4 Å². The van der Waals surface area contributed by atoms with Gasteiger partial charge in [0.2, 0.25) is 5.88 Å². The molecule has 0 aliphatic carbocycles. The summed E-state index contributed by atoms with van der Waals surface area (Å²) in [5.74, 6) is -0.500. The molecule has 0 spiro atoms. The molecule has 0 saturated carbocycles. The van der Waals surface area contributed by atoms with E-state index in [4.69, 9.17) is 15.0 Å². The van der Waals surface area contributed by atoms with Crippen LogP contribution in [0.3, 0.4) is 0 Å². The third kappa shape index (κ3) is 4.37. The summed E-state index contributed by atoms with van der Waals surface area (Å²) in [6.45, 7) is 0.0860. The summed E-state index contributed by atoms with van der Waals surface area (Å²) in [5, 5.41) is 4.06. The van der Waals surface area contributed by atoms with Crippen molar-refractivity contribution < 1.29 is 18.0 Å². The van der Waals surface area contributed by atoms with Gasteiger partial charge in [0.25, 0.3) is 0 Å². The minimum absolute atomic E-state index is 0.0860. The summed E-state index contributed by atoms with van der Waals surface area (Å²) in [6, 6.07) is 12.6. The van der Waals surface area contributed by atoms with Gasteiger partial charge in [0.05, 0.1) is 11.3 Å². The second-order valence-corrected chi connectivity index (χ2v) is 6.34. The van der Waals surface area contributed by atoms with Crippen LogP contribution in [0.25, 0.3) is 11.3 Å². The summed E-state index contributed by atoms with van der Waals surface area (Å²) in [7, 11) is 0. The van der Waals surface area contributed by atoms with Gasteiger partial charge in [-0.25, -0.2) is 18.7 Å². The van der Waals surface area contributed by atoms with Crippen LogP contribution >= 0.6 is 0 Å². The molecule has 6 nitrogen and oxygen atoms in total. The quantitative estimate of drug-likeness (QED) is 0.528. The SMILES string of the molecule is Nc1ncccc1-c1cc(Cc2ccc(OCc3ccc(F)c(F)c3)nc2)no1. The number of aromatic nitrogens is 3. The molecule has 146 valence electrons. The molecule has 0 unspecified atom stereocenters. The molecule has 3 heterocycles. The minimum Gasteiger partial charge on any atom is -0.473 e. The molecule has 4 rings (SSSR count). The number of nitrogens with zero attached hydrogens (tertiary/aromatic N) is 3. The Labute approximate surface area is 165 Å². The molecule has 0 atom stereocenters. The molecular weight excluding hydrogens is 378 g/mol. The van der Waals surface area contributed by atoms with E-state index < -0.39 is 11.6 Å². The zero-order chi connectivity index (χ0) is 20.2. The van der Waals surface area contributed by atoms with E-state index in [0.29, 0.717) is 35.0 Å². The number of rotatable bonds is 6. The maximum atomic E-state index is 13.2. The second-order valence-electron chi connectivity index (χ2n) is 6.34. The van der Waals surface area contributed by atoms with Gasteiger partial charge in [-0.05, 0) is 35.4 Å². The molecule has 1 aromatic carbocycles. The van der Waals surface area contributed by atoms with Crippen LogP contribution in [0.15, 0.2) is 65.4 Å². The predicted octanol–water partition coefficient (Wildman–Crippen LogP) is 4.16. The van der Waals surface area contributed by atoms with Crippen molar-refractivity contribution >= 4 is 5.82 Å². The molecular formula is C21H16F2N4O2. The average Bonchev–Trinajstić information content (AvgIpc) is 3.18. The van der Waals surface area contributed by atoms with E-state index in [-0.39, 0.29) is 6.61 Å². The third-order valence-corrected chi connectivity index (χ3v) is 4.22. The lowest BCUT2D eigenvalue weighted by Crippen LogP contribution is -1.99. The van der Waals surface area contributed by atoms with Crippen LogP contribution in [-0.2, 0) is 13.0 Å². The number of anilines is 1. The standard InChI is InChI=1S/C21H16F2N4O2/c22-17-5-3-14(9-18(17)23)12-28-20-6-4-13(11-26-20)8-15-10-19(29-27-15)16-2-1-7-25-21(16)24/h1-7,9-11H,8,12H2,(H2,24,25). The van der Waals surface area contributed by atoms with E-state index >= 15 is 0 Å². The number of nitrogens with two attached hydrogens (primary N) is 1. The normalized spacial score (nSPS) is 10.8. The largest absolute Gasteiger partial charge is 0.473 e. The fraction of sp³-hybridized carbons (Fsp3) is 0.0952. The van der Waals surface area contributed by atoms with Crippen LogP contribution in [0.5, 0.6) is 5.88 Å². The molecule has 8 heteroatoms. The zero-order valence-electron chi connectivity index (χ0n) is 15.2. The van der Waals surface area contributed by atoms with Crippen molar-refractivity contribution in [3.8, 4) is 17.2 Å². The van der Waals surface area contributed by atoms with Gasteiger partial charge in [-0.2, -0.15) is 0 Å². The Kier molecular flexibility index (Phi) is 5.15. The van der Waals surface area contributed by atoms with Gasteiger partial charge in [0, 0.05) is 30.9 Å². The minimum atomic E-state index is -0.908. The maximum Gasteiger partial charge on any atom is 0.213 e. The van der Waals surface area contributed by atoms with Crippen molar-refractivity contribution in [2.75, 3.05) is 5.73 Å². The first-order chi connectivity index (χ1) is 14.1. The Bertz CT molecular complexity index is 1130. The predicted molar refractivity (Wildman–Crippen MR) is 102 cm³/mol. The van der Waals surface area contributed by atoms with E-state index in [1.807, 2.05) is 12.1 Å². The van der Waals surface area contributed by atoms with Gasteiger partial charge in [-0.1, -0.05) is 17.3 Å². The molecule has 4 aromatic rings. The fourth-order valence-corrected chi connectivity index (χ4v) is 2.74. The zero-order valence-corrected chi connectivity index (χ0v) is 15.2. The second kappa shape index (κ2) is 8.05. The lowest BCUT2D eigenvalue weighted by Gasteiger charge is -2.06. The lowest BCUT2D eigenvalue weighted by molar-refractivity contribution is 0.292. The van der Waals surface area contributed by atoms with Crippen LogP contribution in [0, 0.1) is 11.6 Å². The monoisotopic (exact) mass is 394 g/mol. The molecule has 3 aromatic heterocycles. The summed E-state index contributed by atoms with van der Waals surface area (Å²) in [4.78, 5) is 8.26. The van der Waals surface area contributed by atoms with Gasteiger partial charge in [-0.15, -0.1) is 0 Å². The first-order valence-electron chi connectivity index (χ1n) is 8.76. The number of benzene rings is 1. The van der Waals surface area contributed by atoms with Crippen molar-refractivity contribution in [3.63, 3.8) is 0 Å². The number of ether oxygens (including phenoxy) is 1. The molecule has 0 amide bonds. The molecule has 0 saturated heterocycles. The highest BCUT2D eigenvalue weighted by molar-refractivity contribution is 5.69. The fourth-order valence-electron chi connectivity index (χ4n) is 2.74. The van der Waals surface area contributed by atoms with Crippen LogP contribution in [-0.4, -0.2) is 15.1 Å². The van der Waals surface area contributed by atoms with Crippen molar-refractivity contribution in [1.82, 2.24) is 15.1 Å². The van der Waals surface area contributed by atoms with Crippen LogP contribution in [0.1, 0.15) is 16.8 Å². The summed E-state index contributed by atoms with van der Waals surface area (Å²) in [5.41, 5.74) is 8.68. The van der Waals surface area contributed by atoms with Gasteiger partial charge in [0.15, 0.2) is 17.4 Å². The highest BCUT2D eigenvalue weighted by Gasteiger charge is 2.11. The van der Waals surface area contributed by atoms with E-state index in [9.17, 15) is 8.78 Å². The summed E-state index contributed by atoms with van der Waals surface area (Å²) in [6.07, 6.45) is 3.78. The Morgan fingerprint density at radius 3 is 2.59 bits per heavy atom. The first-order valence-corrected chi connectivity index (χ1v) is 8.76. The van der Waals surface area contributed by atoms with Gasteiger partial charge in [-0.3, -0.25) is 0 Å². The van der Waals surface area contributed by atoms with E-state index in [1.165, 1.54) is 6.07 Å². The Morgan fingerprint density at radius 1 is 0.966 bits per heavy atom. The van der Waals surface area contributed by atoms with Crippen LogP contribution in [0.4, 0.5) is 14.6 Å². The molecule has 29 heavy (non-hydrogen) atoms. The molecule has 0 aliphatic heterocycles. The number of hydrogen-bond donors (Lipinski definition) is 1. The van der Waals surface area contributed by atoms with Gasteiger partial charge in [0.1, 0.15) is 12.4 Å².